The molecule has 2 fully saturated rings. The highest BCUT2D eigenvalue weighted by molar-refractivity contribution is 5.33. The molecule has 114 valence electrons. The van der Waals surface area contributed by atoms with Crippen molar-refractivity contribution in [2.24, 2.45) is 5.92 Å². The van der Waals surface area contributed by atoms with Crippen molar-refractivity contribution in [2.45, 2.75) is 43.7 Å². The molecular weight excluding hydrogens is 262 g/mol. The van der Waals surface area contributed by atoms with Gasteiger partial charge < -0.3 is 14.8 Å². The molecule has 2 unspecified atom stereocenters. The van der Waals surface area contributed by atoms with E-state index in [1.807, 2.05) is 0 Å². The van der Waals surface area contributed by atoms with Gasteiger partial charge in [0.2, 0.25) is 0 Å². The second-order valence-electron chi connectivity index (χ2n) is 6.83. The SMILES string of the molecule is c1ccc2c(c1)CNCC2C1CCOC2(CCOCC2)C1. The maximum Gasteiger partial charge on any atom is 0.0729 e. The van der Waals surface area contributed by atoms with Gasteiger partial charge in [0.1, 0.15) is 0 Å². The number of rotatable bonds is 1. The average Bonchev–Trinajstić information content (AvgIpc) is 2.55. The monoisotopic (exact) mass is 287 g/mol. The van der Waals surface area contributed by atoms with Crippen LogP contribution >= 0.6 is 0 Å². The van der Waals surface area contributed by atoms with Crippen molar-refractivity contribution in [3.8, 4) is 0 Å². The van der Waals surface area contributed by atoms with Gasteiger partial charge in [-0.3, -0.25) is 0 Å². The van der Waals surface area contributed by atoms with Gasteiger partial charge >= 0.3 is 0 Å². The molecule has 0 aromatic heterocycles. The van der Waals surface area contributed by atoms with E-state index in [0.717, 1.165) is 51.7 Å². The van der Waals surface area contributed by atoms with E-state index in [4.69, 9.17) is 9.47 Å². The molecule has 2 saturated heterocycles. The molecule has 0 saturated carbocycles. The first-order chi connectivity index (χ1) is 10.4. The van der Waals surface area contributed by atoms with Crippen molar-refractivity contribution in [1.29, 1.82) is 0 Å². The minimum absolute atomic E-state index is 0.105. The van der Waals surface area contributed by atoms with E-state index < -0.39 is 0 Å². The first kappa shape index (κ1) is 13.7. The number of fused-ring (bicyclic) bond motifs is 1. The Morgan fingerprint density at radius 2 is 1.95 bits per heavy atom. The summed E-state index contributed by atoms with van der Waals surface area (Å²) in [6.07, 6.45) is 4.55. The molecule has 0 radical (unpaired) electrons. The Bertz CT molecular complexity index is 490. The number of ether oxygens (including phenoxy) is 2. The summed E-state index contributed by atoms with van der Waals surface area (Å²) in [5.74, 6) is 1.39. The van der Waals surface area contributed by atoms with Crippen LogP contribution in [0.2, 0.25) is 0 Å². The molecule has 4 rings (SSSR count). The Morgan fingerprint density at radius 3 is 2.86 bits per heavy atom. The van der Waals surface area contributed by atoms with Crippen molar-refractivity contribution in [3.05, 3.63) is 35.4 Å². The smallest absolute Gasteiger partial charge is 0.0729 e. The fourth-order valence-electron chi connectivity index (χ4n) is 4.45. The zero-order valence-electron chi connectivity index (χ0n) is 12.6. The number of benzene rings is 1. The van der Waals surface area contributed by atoms with E-state index in [0.29, 0.717) is 5.92 Å². The third-order valence-electron chi connectivity index (χ3n) is 5.64. The van der Waals surface area contributed by atoms with Crippen LogP contribution < -0.4 is 5.32 Å². The first-order valence-corrected chi connectivity index (χ1v) is 8.37. The molecule has 3 aliphatic heterocycles. The number of nitrogens with one attached hydrogen (secondary N) is 1. The fraction of sp³-hybridized carbons (Fsp3) is 0.667. The Labute approximate surface area is 127 Å². The molecule has 1 spiro atoms. The van der Waals surface area contributed by atoms with Gasteiger partial charge in [0.25, 0.3) is 0 Å². The predicted molar refractivity (Wildman–Crippen MR) is 82.3 cm³/mol. The molecule has 3 nitrogen and oxygen atoms in total. The van der Waals surface area contributed by atoms with E-state index in [2.05, 4.69) is 29.6 Å². The number of hydrogen-bond donors (Lipinski definition) is 1. The van der Waals surface area contributed by atoms with Gasteiger partial charge in [-0.05, 0) is 48.6 Å². The molecular formula is C18H25NO2. The standard InChI is InChI=1S/C18H25NO2/c1-2-4-16-15(3-1)12-19-13-17(16)14-5-8-21-18(11-14)6-9-20-10-7-18/h1-4,14,17,19H,5-13H2. The van der Waals surface area contributed by atoms with Crippen molar-refractivity contribution < 1.29 is 9.47 Å². The molecule has 0 bridgehead atoms. The van der Waals surface area contributed by atoms with E-state index in [-0.39, 0.29) is 5.60 Å². The minimum atomic E-state index is 0.105. The third kappa shape index (κ3) is 2.63. The summed E-state index contributed by atoms with van der Waals surface area (Å²) in [5.41, 5.74) is 3.17. The lowest BCUT2D eigenvalue weighted by molar-refractivity contribution is -0.149. The summed E-state index contributed by atoms with van der Waals surface area (Å²) >= 11 is 0. The Hall–Kier alpha value is -0.900. The van der Waals surface area contributed by atoms with E-state index >= 15 is 0 Å². The van der Waals surface area contributed by atoms with Gasteiger partial charge in [-0.15, -0.1) is 0 Å². The summed E-state index contributed by atoms with van der Waals surface area (Å²) in [7, 11) is 0. The van der Waals surface area contributed by atoms with Crippen LogP contribution in [-0.2, 0) is 16.0 Å². The van der Waals surface area contributed by atoms with Gasteiger partial charge in [0.15, 0.2) is 0 Å². The molecule has 1 aromatic carbocycles. The predicted octanol–water partition coefficient (Wildman–Crippen LogP) is 2.85. The molecule has 3 aliphatic rings. The average molecular weight is 287 g/mol. The van der Waals surface area contributed by atoms with Crippen LogP contribution in [-0.4, -0.2) is 32.0 Å². The summed E-state index contributed by atoms with van der Waals surface area (Å²) < 4.78 is 11.8. The second kappa shape index (κ2) is 5.71. The van der Waals surface area contributed by atoms with Crippen molar-refractivity contribution in [1.82, 2.24) is 5.32 Å². The minimum Gasteiger partial charge on any atom is -0.381 e. The van der Waals surface area contributed by atoms with E-state index in [1.165, 1.54) is 18.4 Å². The van der Waals surface area contributed by atoms with Crippen LogP contribution in [0.25, 0.3) is 0 Å². The molecule has 3 heteroatoms. The van der Waals surface area contributed by atoms with E-state index in [9.17, 15) is 0 Å². The largest absolute Gasteiger partial charge is 0.381 e. The summed E-state index contributed by atoms with van der Waals surface area (Å²) in [6, 6.07) is 8.97. The van der Waals surface area contributed by atoms with Crippen LogP contribution in [0.4, 0.5) is 0 Å². The van der Waals surface area contributed by atoms with Crippen LogP contribution in [0, 0.1) is 5.92 Å². The zero-order chi connectivity index (χ0) is 14.1. The van der Waals surface area contributed by atoms with Crippen molar-refractivity contribution >= 4 is 0 Å². The molecule has 2 atom stereocenters. The second-order valence-corrected chi connectivity index (χ2v) is 6.83. The van der Waals surface area contributed by atoms with Gasteiger partial charge in [0, 0.05) is 32.9 Å². The first-order valence-electron chi connectivity index (χ1n) is 8.37. The molecule has 1 N–H and O–H groups in total. The molecule has 0 aliphatic carbocycles. The summed E-state index contributed by atoms with van der Waals surface area (Å²) in [4.78, 5) is 0. The zero-order valence-corrected chi connectivity index (χ0v) is 12.6. The highest BCUT2D eigenvalue weighted by Crippen LogP contribution is 2.43. The van der Waals surface area contributed by atoms with Gasteiger partial charge in [0.05, 0.1) is 5.60 Å². The lowest BCUT2D eigenvalue weighted by atomic mass is 9.71. The topological polar surface area (TPSA) is 30.5 Å². The quantitative estimate of drug-likeness (QED) is 0.861. The highest BCUT2D eigenvalue weighted by Gasteiger charge is 2.42. The number of hydrogen-bond acceptors (Lipinski definition) is 3. The Balaban J connectivity index is 1.56. The Morgan fingerprint density at radius 1 is 1.10 bits per heavy atom. The van der Waals surface area contributed by atoms with Crippen LogP contribution in [0.15, 0.2) is 24.3 Å². The van der Waals surface area contributed by atoms with E-state index in [1.54, 1.807) is 5.56 Å². The summed E-state index contributed by atoms with van der Waals surface area (Å²) in [5, 5.41) is 3.61. The molecule has 0 amide bonds. The van der Waals surface area contributed by atoms with Gasteiger partial charge in [-0.1, -0.05) is 24.3 Å². The van der Waals surface area contributed by atoms with Crippen molar-refractivity contribution in [2.75, 3.05) is 26.4 Å². The fourth-order valence-corrected chi connectivity index (χ4v) is 4.45. The highest BCUT2D eigenvalue weighted by atomic mass is 16.5. The third-order valence-corrected chi connectivity index (χ3v) is 5.64. The molecule has 1 aromatic rings. The van der Waals surface area contributed by atoms with Gasteiger partial charge in [-0.25, -0.2) is 0 Å². The van der Waals surface area contributed by atoms with Crippen LogP contribution in [0.1, 0.15) is 42.7 Å². The van der Waals surface area contributed by atoms with Gasteiger partial charge in [-0.2, -0.15) is 0 Å². The maximum atomic E-state index is 6.22. The molecule has 21 heavy (non-hydrogen) atoms. The van der Waals surface area contributed by atoms with Crippen molar-refractivity contribution in [3.63, 3.8) is 0 Å². The lowest BCUT2D eigenvalue weighted by Crippen LogP contribution is -2.47. The maximum absolute atomic E-state index is 6.22. The molecule has 3 heterocycles. The lowest BCUT2D eigenvalue weighted by Gasteiger charge is -2.46. The normalized spacial score (nSPS) is 31.8. The van der Waals surface area contributed by atoms with Crippen LogP contribution in [0.3, 0.4) is 0 Å². The summed E-state index contributed by atoms with van der Waals surface area (Å²) in [6.45, 7) is 4.80. The Kier molecular flexibility index (Phi) is 3.74. The van der Waals surface area contributed by atoms with Crippen LogP contribution in [0.5, 0.6) is 0 Å².